The van der Waals surface area contributed by atoms with Gasteiger partial charge in [0.15, 0.2) is 0 Å². The summed E-state index contributed by atoms with van der Waals surface area (Å²) >= 11 is 5.82. The topological polar surface area (TPSA) is 43.8 Å². The first-order valence-electron chi connectivity index (χ1n) is 8.58. The molecule has 4 nitrogen and oxygen atoms in total. The van der Waals surface area contributed by atoms with Crippen LogP contribution in [0.1, 0.15) is 36.0 Å². The van der Waals surface area contributed by atoms with Crippen LogP contribution in [-0.4, -0.2) is 59.6 Å². The summed E-state index contributed by atoms with van der Waals surface area (Å²) in [7, 11) is 1.82. The van der Waals surface area contributed by atoms with Gasteiger partial charge in [0.2, 0.25) is 0 Å². The van der Waals surface area contributed by atoms with Gasteiger partial charge < -0.3 is 10.0 Å². The minimum atomic E-state index is -0.516. The van der Waals surface area contributed by atoms with E-state index in [-0.39, 0.29) is 23.1 Å². The molecule has 0 bridgehead atoms. The summed E-state index contributed by atoms with van der Waals surface area (Å²) in [5.41, 5.74) is 0.413. The summed E-state index contributed by atoms with van der Waals surface area (Å²) in [6.45, 7) is 2.13. The Balaban J connectivity index is 1.74. The molecule has 2 fully saturated rings. The fraction of sp³-hybridized carbons (Fsp3) is 0.611. The monoisotopic (exact) mass is 354 g/mol. The number of hydrogen-bond donors (Lipinski definition) is 1. The molecule has 2 aliphatic rings. The van der Waals surface area contributed by atoms with Gasteiger partial charge in [-0.15, -0.1) is 0 Å². The van der Waals surface area contributed by atoms with Crippen LogP contribution in [0.3, 0.4) is 0 Å². The van der Waals surface area contributed by atoms with Gasteiger partial charge in [-0.3, -0.25) is 9.69 Å². The Morgan fingerprint density at radius 2 is 2.08 bits per heavy atom. The smallest absolute Gasteiger partial charge is 0.253 e. The van der Waals surface area contributed by atoms with E-state index in [1.165, 1.54) is 31.0 Å². The number of aliphatic hydroxyl groups excluding tert-OH is 1. The van der Waals surface area contributed by atoms with Crippen LogP contribution in [-0.2, 0) is 0 Å². The number of nitrogens with zero attached hydrogens (tertiary/aromatic N) is 2. The van der Waals surface area contributed by atoms with E-state index in [2.05, 4.69) is 4.90 Å². The van der Waals surface area contributed by atoms with Crippen molar-refractivity contribution >= 4 is 17.5 Å². The van der Waals surface area contributed by atoms with Crippen molar-refractivity contribution in [2.75, 3.05) is 26.7 Å². The summed E-state index contributed by atoms with van der Waals surface area (Å²) in [5.74, 6) is -0.166. The fourth-order valence-corrected chi connectivity index (χ4v) is 4.05. The van der Waals surface area contributed by atoms with E-state index in [1.54, 1.807) is 4.90 Å². The van der Waals surface area contributed by atoms with E-state index in [9.17, 15) is 14.3 Å². The van der Waals surface area contributed by atoms with Gasteiger partial charge in [0, 0.05) is 38.3 Å². The number of amides is 1. The SMILES string of the molecule is CN(C(=O)c1ccc(F)c(Cl)c1)[C@H](CN1CC(O)C1)C1CCCC1. The molecule has 3 rings (SSSR count). The van der Waals surface area contributed by atoms with Crippen molar-refractivity contribution in [3.05, 3.63) is 34.6 Å². The maximum Gasteiger partial charge on any atom is 0.253 e. The summed E-state index contributed by atoms with van der Waals surface area (Å²) in [4.78, 5) is 16.8. The molecule has 1 atom stereocenters. The van der Waals surface area contributed by atoms with Crippen molar-refractivity contribution in [3.8, 4) is 0 Å². The summed E-state index contributed by atoms with van der Waals surface area (Å²) < 4.78 is 13.3. The lowest BCUT2D eigenvalue weighted by Crippen LogP contribution is -2.57. The maximum absolute atomic E-state index is 13.3. The van der Waals surface area contributed by atoms with Crippen molar-refractivity contribution in [1.29, 1.82) is 0 Å². The van der Waals surface area contributed by atoms with Gasteiger partial charge in [0.1, 0.15) is 5.82 Å². The third-order valence-corrected chi connectivity index (χ3v) is 5.60. The third-order valence-electron chi connectivity index (χ3n) is 5.31. The average Bonchev–Trinajstić information content (AvgIpc) is 3.06. The molecule has 1 aromatic carbocycles. The highest BCUT2D eigenvalue weighted by molar-refractivity contribution is 6.31. The van der Waals surface area contributed by atoms with Gasteiger partial charge in [-0.05, 0) is 37.0 Å². The minimum absolute atomic E-state index is 0.0301. The second-order valence-electron chi connectivity index (χ2n) is 7.03. The number of hydrogen-bond acceptors (Lipinski definition) is 3. The number of likely N-dealkylation sites (tertiary alicyclic amines) is 1. The van der Waals surface area contributed by atoms with Gasteiger partial charge in [-0.2, -0.15) is 0 Å². The van der Waals surface area contributed by atoms with Crippen molar-refractivity contribution in [1.82, 2.24) is 9.80 Å². The first-order chi connectivity index (χ1) is 11.5. The Labute approximate surface area is 147 Å². The molecule has 0 radical (unpaired) electrons. The number of carbonyl (C=O) groups is 1. The van der Waals surface area contributed by atoms with E-state index in [0.29, 0.717) is 24.6 Å². The van der Waals surface area contributed by atoms with Gasteiger partial charge in [-0.1, -0.05) is 24.4 Å². The first kappa shape index (κ1) is 17.6. The molecule has 1 saturated carbocycles. The Morgan fingerprint density at radius 3 is 2.67 bits per heavy atom. The van der Waals surface area contributed by atoms with Crippen LogP contribution in [0.5, 0.6) is 0 Å². The molecule has 1 N–H and O–H groups in total. The lowest BCUT2D eigenvalue weighted by molar-refractivity contribution is -0.0166. The van der Waals surface area contributed by atoms with E-state index in [0.717, 1.165) is 19.4 Å². The predicted molar refractivity (Wildman–Crippen MR) is 91.7 cm³/mol. The number of carbonyl (C=O) groups excluding carboxylic acids is 1. The largest absolute Gasteiger partial charge is 0.390 e. The molecule has 1 heterocycles. The van der Waals surface area contributed by atoms with Crippen LogP contribution in [0.25, 0.3) is 0 Å². The number of aliphatic hydroxyl groups is 1. The van der Waals surface area contributed by atoms with Crippen LogP contribution in [0.4, 0.5) is 4.39 Å². The minimum Gasteiger partial charge on any atom is -0.390 e. The van der Waals surface area contributed by atoms with Gasteiger partial charge in [-0.25, -0.2) is 4.39 Å². The number of halogens is 2. The zero-order chi connectivity index (χ0) is 17.3. The van der Waals surface area contributed by atoms with Crippen LogP contribution in [0, 0.1) is 11.7 Å². The summed E-state index contributed by atoms with van der Waals surface area (Å²) in [6, 6.07) is 4.23. The second-order valence-corrected chi connectivity index (χ2v) is 7.44. The predicted octanol–water partition coefficient (Wildman–Crippen LogP) is 2.79. The lowest BCUT2D eigenvalue weighted by atomic mass is 9.94. The Kier molecular flexibility index (Phi) is 5.42. The number of β-amino-alcohol motifs (C(OH)–C–C–N with tert-alkyl or cyclic N) is 1. The van der Waals surface area contributed by atoms with E-state index in [1.807, 2.05) is 7.05 Å². The number of likely N-dealkylation sites (N-methyl/N-ethyl adjacent to an activating group) is 1. The highest BCUT2D eigenvalue weighted by Crippen LogP contribution is 2.32. The quantitative estimate of drug-likeness (QED) is 0.884. The Morgan fingerprint density at radius 1 is 1.42 bits per heavy atom. The molecular weight excluding hydrogens is 331 g/mol. The molecule has 0 spiro atoms. The Bertz CT molecular complexity index is 601. The lowest BCUT2D eigenvalue weighted by Gasteiger charge is -2.42. The van der Waals surface area contributed by atoms with Crippen molar-refractivity contribution < 1.29 is 14.3 Å². The van der Waals surface area contributed by atoms with E-state index >= 15 is 0 Å². The standard InChI is InChI=1S/C18H24ClFN2O2/c1-21(18(24)13-6-7-16(20)15(19)8-13)17(12-4-2-3-5-12)11-22-9-14(23)10-22/h6-8,12,14,17,23H,2-5,9-11H2,1H3/t17-/m1/s1. The zero-order valence-corrected chi connectivity index (χ0v) is 14.7. The van der Waals surface area contributed by atoms with Crippen molar-refractivity contribution in [2.24, 2.45) is 5.92 Å². The maximum atomic E-state index is 13.3. The fourth-order valence-electron chi connectivity index (χ4n) is 3.87. The Hall–Kier alpha value is -1.17. The average molecular weight is 355 g/mol. The van der Waals surface area contributed by atoms with Crippen molar-refractivity contribution in [2.45, 2.75) is 37.8 Å². The van der Waals surface area contributed by atoms with Crippen LogP contribution >= 0.6 is 11.6 Å². The third kappa shape index (κ3) is 3.73. The van der Waals surface area contributed by atoms with Crippen LogP contribution in [0.2, 0.25) is 5.02 Å². The molecule has 0 aromatic heterocycles. The number of rotatable bonds is 5. The molecule has 0 unspecified atom stereocenters. The number of benzene rings is 1. The van der Waals surface area contributed by atoms with Crippen LogP contribution in [0.15, 0.2) is 18.2 Å². The molecule has 24 heavy (non-hydrogen) atoms. The van der Waals surface area contributed by atoms with Gasteiger partial charge in [0.25, 0.3) is 5.91 Å². The highest BCUT2D eigenvalue weighted by Gasteiger charge is 2.35. The molecule has 1 aliphatic heterocycles. The summed E-state index contributed by atoms with van der Waals surface area (Å²) in [6.07, 6.45) is 4.42. The molecule has 1 aromatic rings. The molecule has 132 valence electrons. The molecule has 1 aliphatic carbocycles. The van der Waals surface area contributed by atoms with E-state index in [4.69, 9.17) is 11.6 Å². The second kappa shape index (κ2) is 7.38. The summed E-state index contributed by atoms with van der Waals surface area (Å²) in [5, 5.41) is 9.48. The normalized spacial score (nSPS) is 20.8. The first-order valence-corrected chi connectivity index (χ1v) is 8.96. The van der Waals surface area contributed by atoms with Gasteiger partial charge in [0.05, 0.1) is 11.1 Å². The molecule has 6 heteroatoms. The molecule has 1 amide bonds. The van der Waals surface area contributed by atoms with Crippen LogP contribution < -0.4 is 0 Å². The zero-order valence-electron chi connectivity index (χ0n) is 13.9. The van der Waals surface area contributed by atoms with E-state index < -0.39 is 5.82 Å². The molecule has 1 saturated heterocycles. The van der Waals surface area contributed by atoms with Crippen molar-refractivity contribution in [3.63, 3.8) is 0 Å². The molecular formula is C18H24ClFN2O2. The van der Waals surface area contributed by atoms with Gasteiger partial charge >= 0.3 is 0 Å². The highest BCUT2D eigenvalue weighted by atomic mass is 35.5.